The van der Waals surface area contributed by atoms with E-state index in [9.17, 15) is 5.11 Å². The molecule has 0 unspecified atom stereocenters. The highest BCUT2D eigenvalue weighted by Crippen LogP contribution is 2.31. The molecule has 4 heteroatoms. The van der Waals surface area contributed by atoms with Crippen molar-refractivity contribution in [1.82, 2.24) is 4.98 Å². The summed E-state index contributed by atoms with van der Waals surface area (Å²) in [6.45, 7) is 0. The molecule has 0 atom stereocenters. The fourth-order valence-corrected chi connectivity index (χ4v) is 1.55. The largest absolute Gasteiger partial charge is 0.508 e. The first kappa shape index (κ1) is 9.09. The SMILES string of the molecule is COc1ncc(Cl)c2ccc(O)cc12. The molecule has 0 aliphatic heterocycles. The number of halogens is 1. The maximum Gasteiger partial charge on any atom is 0.221 e. The van der Waals surface area contributed by atoms with E-state index in [0.717, 1.165) is 5.39 Å². The minimum Gasteiger partial charge on any atom is -0.508 e. The van der Waals surface area contributed by atoms with E-state index in [4.69, 9.17) is 16.3 Å². The molecule has 1 N–H and O–H groups in total. The second kappa shape index (κ2) is 3.35. The van der Waals surface area contributed by atoms with Crippen LogP contribution in [0.1, 0.15) is 0 Å². The van der Waals surface area contributed by atoms with E-state index in [1.165, 1.54) is 13.3 Å². The first-order valence-corrected chi connectivity index (χ1v) is 4.41. The Morgan fingerprint density at radius 1 is 1.36 bits per heavy atom. The van der Waals surface area contributed by atoms with Gasteiger partial charge in [-0.1, -0.05) is 11.6 Å². The lowest BCUT2D eigenvalue weighted by Crippen LogP contribution is -1.89. The average Bonchev–Trinajstić information content (AvgIpc) is 2.18. The Balaban J connectivity index is 2.85. The molecule has 3 nitrogen and oxygen atoms in total. The van der Waals surface area contributed by atoms with E-state index in [1.807, 2.05) is 0 Å². The second-order valence-electron chi connectivity index (χ2n) is 2.85. The zero-order valence-electron chi connectivity index (χ0n) is 7.49. The maximum absolute atomic E-state index is 9.31. The molecule has 0 aliphatic carbocycles. The number of fused-ring (bicyclic) bond motifs is 1. The molecule has 1 heterocycles. The van der Waals surface area contributed by atoms with E-state index < -0.39 is 0 Å². The number of hydrogen-bond donors (Lipinski definition) is 1. The Hall–Kier alpha value is -1.48. The van der Waals surface area contributed by atoms with Crippen molar-refractivity contribution >= 4 is 22.4 Å². The van der Waals surface area contributed by atoms with Crippen molar-refractivity contribution < 1.29 is 9.84 Å². The molecular weight excluding hydrogens is 202 g/mol. The van der Waals surface area contributed by atoms with Crippen molar-refractivity contribution in [2.45, 2.75) is 0 Å². The molecule has 2 aromatic rings. The number of hydrogen-bond acceptors (Lipinski definition) is 3. The summed E-state index contributed by atoms with van der Waals surface area (Å²) in [6, 6.07) is 4.89. The van der Waals surface area contributed by atoms with Crippen LogP contribution in [-0.4, -0.2) is 17.2 Å². The Labute approximate surface area is 85.9 Å². The predicted molar refractivity (Wildman–Crippen MR) is 55.0 cm³/mol. The number of pyridine rings is 1. The summed E-state index contributed by atoms with van der Waals surface area (Å²) in [7, 11) is 1.53. The molecule has 14 heavy (non-hydrogen) atoms. The maximum atomic E-state index is 9.31. The number of phenols is 1. The van der Waals surface area contributed by atoms with E-state index in [2.05, 4.69) is 4.98 Å². The third kappa shape index (κ3) is 1.36. The van der Waals surface area contributed by atoms with Crippen LogP contribution in [0.15, 0.2) is 24.4 Å². The van der Waals surface area contributed by atoms with Crippen molar-refractivity contribution in [3.05, 3.63) is 29.4 Å². The summed E-state index contributed by atoms with van der Waals surface area (Å²) >= 11 is 5.94. The highest BCUT2D eigenvalue weighted by Gasteiger charge is 2.06. The fraction of sp³-hybridized carbons (Fsp3) is 0.100. The number of phenolic OH excluding ortho intramolecular Hbond substituents is 1. The zero-order valence-corrected chi connectivity index (χ0v) is 8.25. The quantitative estimate of drug-likeness (QED) is 0.785. The summed E-state index contributed by atoms with van der Waals surface area (Å²) in [6.07, 6.45) is 1.53. The van der Waals surface area contributed by atoms with E-state index in [-0.39, 0.29) is 5.75 Å². The second-order valence-corrected chi connectivity index (χ2v) is 3.25. The molecule has 0 fully saturated rings. The monoisotopic (exact) mass is 209 g/mol. The van der Waals surface area contributed by atoms with Gasteiger partial charge >= 0.3 is 0 Å². The lowest BCUT2D eigenvalue weighted by molar-refractivity contribution is 0.403. The topological polar surface area (TPSA) is 42.4 Å². The van der Waals surface area contributed by atoms with Gasteiger partial charge in [0.1, 0.15) is 5.75 Å². The van der Waals surface area contributed by atoms with Crippen LogP contribution in [0.25, 0.3) is 10.8 Å². The van der Waals surface area contributed by atoms with Crippen molar-refractivity contribution in [3.63, 3.8) is 0 Å². The van der Waals surface area contributed by atoms with Crippen LogP contribution in [0.3, 0.4) is 0 Å². The average molecular weight is 210 g/mol. The molecule has 0 bridgehead atoms. The lowest BCUT2D eigenvalue weighted by atomic mass is 10.1. The first-order valence-electron chi connectivity index (χ1n) is 4.03. The van der Waals surface area contributed by atoms with Crippen LogP contribution in [-0.2, 0) is 0 Å². The normalized spacial score (nSPS) is 10.4. The van der Waals surface area contributed by atoms with Gasteiger partial charge in [-0.05, 0) is 18.2 Å². The van der Waals surface area contributed by atoms with Gasteiger partial charge in [-0.25, -0.2) is 4.98 Å². The lowest BCUT2D eigenvalue weighted by Gasteiger charge is -2.05. The van der Waals surface area contributed by atoms with Gasteiger partial charge in [0.05, 0.1) is 18.3 Å². The van der Waals surface area contributed by atoms with Crippen molar-refractivity contribution in [2.24, 2.45) is 0 Å². The van der Waals surface area contributed by atoms with Crippen molar-refractivity contribution in [1.29, 1.82) is 0 Å². The van der Waals surface area contributed by atoms with Gasteiger partial charge in [-0.15, -0.1) is 0 Å². The van der Waals surface area contributed by atoms with E-state index in [0.29, 0.717) is 16.3 Å². The summed E-state index contributed by atoms with van der Waals surface area (Å²) in [5.41, 5.74) is 0. The summed E-state index contributed by atoms with van der Waals surface area (Å²) in [4.78, 5) is 4.00. The minimum absolute atomic E-state index is 0.167. The van der Waals surface area contributed by atoms with Crippen LogP contribution < -0.4 is 4.74 Å². The predicted octanol–water partition coefficient (Wildman–Crippen LogP) is 2.60. The molecule has 0 radical (unpaired) electrons. The van der Waals surface area contributed by atoms with Crippen LogP contribution >= 0.6 is 11.6 Å². The van der Waals surface area contributed by atoms with Gasteiger partial charge in [0.15, 0.2) is 0 Å². The third-order valence-corrected chi connectivity index (χ3v) is 2.28. The summed E-state index contributed by atoms with van der Waals surface area (Å²) in [5.74, 6) is 0.625. The summed E-state index contributed by atoms with van der Waals surface area (Å²) in [5, 5.41) is 11.4. The molecule has 0 saturated heterocycles. The van der Waals surface area contributed by atoms with Crippen molar-refractivity contribution in [2.75, 3.05) is 7.11 Å². The molecule has 1 aromatic heterocycles. The standard InChI is InChI=1S/C10H8ClNO2/c1-14-10-8-4-6(13)2-3-7(8)9(11)5-12-10/h2-5,13H,1H3. The van der Waals surface area contributed by atoms with Crippen LogP contribution in [0.2, 0.25) is 5.02 Å². The molecule has 1 aromatic carbocycles. The van der Waals surface area contributed by atoms with Gasteiger partial charge < -0.3 is 9.84 Å². The fourth-order valence-electron chi connectivity index (χ4n) is 1.33. The van der Waals surface area contributed by atoms with Gasteiger partial charge in [0, 0.05) is 10.8 Å². The summed E-state index contributed by atoms with van der Waals surface area (Å²) < 4.78 is 5.06. The van der Waals surface area contributed by atoms with Gasteiger partial charge in [0.2, 0.25) is 5.88 Å². The van der Waals surface area contributed by atoms with Gasteiger partial charge in [-0.2, -0.15) is 0 Å². The number of ether oxygens (including phenoxy) is 1. The number of aromatic hydroxyl groups is 1. The van der Waals surface area contributed by atoms with Gasteiger partial charge in [-0.3, -0.25) is 0 Å². The van der Waals surface area contributed by atoms with E-state index >= 15 is 0 Å². The Morgan fingerprint density at radius 3 is 2.86 bits per heavy atom. The Bertz CT molecular complexity index is 485. The third-order valence-electron chi connectivity index (χ3n) is 1.98. The Kier molecular flexibility index (Phi) is 2.17. The van der Waals surface area contributed by atoms with E-state index in [1.54, 1.807) is 18.2 Å². The highest BCUT2D eigenvalue weighted by molar-refractivity contribution is 6.35. The number of methoxy groups -OCH3 is 1. The smallest absolute Gasteiger partial charge is 0.221 e. The minimum atomic E-state index is 0.167. The number of rotatable bonds is 1. The van der Waals surface area contributed by atoms with Crippen LogP contribution in [0.5, 0.6) is 11.6 Å². The van der Waals surface area contributed by atoms with Crippen molar-refractivity contribution in [3.8, 4) is 11.6 Å². The molecule has 2 rings (SSSR count). The number of benzene rings is 1. The molecule has 0 aliphatic rings. The molecule has 0 amide bonds. The number of aromatic nitrogens is 1. The highest BCUT2D eigenvalue weighted by atomic mass is 35.5. The zero-order chi connectivity index (χ0) is 10.1. The first-order chi connectivity index (χ1) is 6.72. The van der Waals surface area contributed by atoms with Crippen LogP contribution in [0, 0.1) is 0 Å². The molecule has 72 valence electrons. The number of nitrogens with zero attached hydrogens (tertiary/aromatic N) is 1. The molecular formula is C10H8ClNO2. The van der Waals surface area contributed by atoms with Gasteiger partial charge in [0.25, 0.3) is 0 Å². The van der Waals surface area contributed by atoms with Crippen LogP contribution in [0.4, 0.5) is 0 Å². The Morgan fingerprint density at radius 2 is 2.14 bits per heavy atom. The molecule has 0 saturated carbocycles. The molecule has 0 spiro atoms.